The van der Waals surface area contributed by atoms with Crippen molar-refractivity contribution in [3.8, 4) is 0 Å². The van der Waals surface area contributed by atoms with E-state index in [0.717, 1.165) is 0 Å². The van der Waals surface area contributed by atoms with Crippen LogP contribution >= 0.6 is 0 Å². The molecule has 0 rings (SSSR count). The van der Waals surface area contributed by atoms with E-state index in [9.17, 15) is 14.7 Å². The number of carboxylic acid groups (broad SMARTS) is 1. The molecule has 0 aliphatic carbocycles. The van der Waals surface area contributed by atoms with Crippen LogP contribution in [0.3, 0.4) is 0 Å². The fourth-order valence-electron chi connectivity index (χ4n) is 1.78. The lowest BCUT2D eigenvalue weighted by molar-refractivity contribution is -0.142. The molecule has 0 aromatic rings. The molecule has 0 aliphatic rings. The maximum Gasteiger partial charge on any atom is 0.326 e. The number of rotatable bonds is 5. The molecule has 5 heteroatoms. The Bertz CT molecular complexity index is 319. The minimum atomic E-state index is -1.01. The van der Waals surface area contributed by atoms with Crippen LogP contribution in [0.5, 0.6) is 0 Å². The van der Waals surface area contributed by atoms with Crippen molar-refractivity contribution in [2.45, 2.75) is 60.5 Å². The van der Waals surface area contributed by atoms with Gasteiger partial charge in [0.2, 0.25) is 0 Å². The Hall–Kier alpha value is -1.26. The number of hydrogen-bond acceptors (Lipinski definition) is 2. The Kier molecular flexibility index (Phi) is 6.33. The largest absolute Gasteiger partial charge is 0.480 e. The molecule has 0 aliphatic heterocycles. The van der Waals surface area contributed by atoms with Crippen molar-refractivity contribution in [3.05, 3.63) is 0 Å². The van der Waals surface area contributed by atoms with Crippen molar-refractivity contribution >= 4 is 12.0 Å². The summed E-state index contributed by atoms with van der Waals surface area (Å²) in [5.74, 6) is -0.667. The summed E-state index contributed by atoms with van der Waals surface area (Å²) in [5.41, 5.74) is -0.526. The fourth-order valence-corrected chi connectivity index (χ4v) is 1.78. The second-order valence-electron chi connectivity index (χ2n) is 6.73. The third-order valence-electron chi connectivity index (χ3n) is 2.83. The first-order valence-corrected chi connectivity index (χ1v) is 6.76. The molecule has 2 N–H and O–H groups in total. The summed E-state index contributed by atoms with van der Waals surface area (Å²) >= 11 is 0. The van der Waals surface area contributed by atoms with Crippen LogP contribution in [0.4, 0.5) is 4.79 Å². The molecular weight excluding hydrogens is 244 g/mol. The number of urea groups is 1. The van der Waals surface area contributed by atoms with E-state index in [1.165, 1.54) is 0 Å². The lowest BCUT2D eigenvalue weighted by atomic mass is 9.87. The molecule has 0 fully saturated rings. The van der Waals surface area contributed by atoms with Gasteiger partial charge in [-0.1, -0.05) is 34.6 Å². The zero-order valence-corrected chi connectivity index (χ0v) is 13.2. The Morgan fingerprint density at radius 1 is 1.16 bits per heavy atom. The van der Waals surface area contributed by atoms with Gasteiger partial charge in [0.15, 0.2) is 0 Å². The highest BCUT2D eigenvalue weighted by Crippen LogP contribution is 2.20. The quantitative estimate of drug-likeness (QED) is 0.808. The molecule has 0 heterocycles. The molecule has 0 aromatic carbocycles. The SMILES string of the molecule is CC(C)CN(C(=O)NC(C(=O)O)C(C)(C)C)C(C)C. The summed E-state index contributed by atoms with van der Waals surface area (Å²) in [5, 5.41) is 11.9. The van der Waals surface area contributed by atoms with Crippen molar-refractivity contribution in [3.63, 3.8) is 0 Å². The van der Waals surface area contributed by atoms with E-state index in [-0.39, 0.29) is 12.1 Å². The number of nitrogens with zero attached hydrogens (tertiary/aromatic N) is 1. The Morgan fingerprint density at radius 2 is 1.63 bits per heavy atom. The van der Waals surface area contributed by atoms with Gasteiger partial charge in [0.1, 0.15) is 6.04 Å². The average molecular weight is 272 g/mol. The third-order valence-corrected chi connectivity index (χ3v) is 2.83. The van der Waals surface area contributed by atoms with Gasteiger partial charge in [-0.15, -0.1) is 0 Å². The minimum absolute atomic E-state index is 0.0387. The standard InChI is InChI=1S/C14H28N2O3/c1-9(2)8-16(10(3)4)13(19)15-11(12(17)18)14(5,6)7/h9-11H,8H2,1-7H3,(H,15,19)(H,17,18). The first kappa shape index (κ1) is 17.7. The summed E-state index contributed by atoms with van der Waals surface area (Å²) < 4.78 is 0. The summed E-state index contributed by atoms with van der Waals surface area (Å²) in [4.78, 5) is 25.2. The Labute approximate surface area is 116 Å². The van der Waals surface area contributed by atoms with Crippen molar-refractivity contribution in [1.29, 1.82) is 0 Å². The summed E-state index contributed by atoms with van der Waals surface area (Å²) in [6.45, 7) is 13.9. The number of carbonyl (C=O) groups excluding carboxylic acids is 1. The molecule has 5 nitrogen and oxygen atoms in total. The number of aliphatic carboxylic acids is 1. The van der Waals surface area contributed by atoms with Crippen LogP contribution in [0.1, 0.15) is 48.5 Å². The van der Waals surface area contributed by atoms with Gasteiger partial charge in [-0.25, -0.2) is 9.59 Å². The van der Waals surface area contributed by atoms with Crippen molar-refractivity contribution in [2.75, 3.05) is 6.54 Å². The lowest BCUT2D eigenvalue weighted by Gasteiger charge is -2.33. The van der Waals surface area contributed by atoms with E-state index >= 15 is 0 Å². The van der Waals surface area contributed by atoms with Crippen LogP contribution in [-0.4, -0.2) is 40.6 Å². The Balaban J connectivity index is 4.92. The summed E-state index contributed by atoms with van der Waals surface area (Å²) in [6, 6.07) is -1.17. The highest BCUT2D eigenvalue weighted by Gasteiger charge is 2.34. The molecular formula is C14H28N2O3. The lowest BCUT2D eigenvalue weighted by Crippen LogP contribution is -2.55. The van der Waals surface area contributed by atoms with Crippen LogP contribution in [0.15, 0.2) is 0 Å². The van der Waals surface area contributed by atoms with Crippen LogP contribution in [-0.2, 0) is 4.79 Å². The molecule has 1 atom stereocenters. The van der Waals surface area contributed by atoms with Gasteiger partial charge in [0, 0.05) is 12.6 Å². The molecule has 1 unspecified atom stereocenters. The highest BCUT2D eigenvalue weighted by molar-refractivity contribution is 5.83. The Morgan fingerprint density at radius 3 is 1.89 bits per heavy atom. The van der Waals surface area contributed by atoms with E-state index in [0.29, 0.717) is 12.5 Å². The number of amides is 2. The third kappa shape index (κ3) is 5.94. The predicted octanol–water partition coefficient (Wildman–Crippen LogP) is 2.56. The average Bonchev–Trinajstić information content (AvgIpc) is 2.19. The zero-order valence-electron chi connectivity index (χ0n) is 13.2. The molecule has 0 aromatic heterocycles. The second-order valence-corrected chi connectivity index (χ2v) is 6.73. The van der Waals surface area contributed by atoms with Gasteiger partial charge in [-0.05, 0) is 25.2 Å². The molecule has 0 bridgehead atoms. The van der Waals surface area contributed by atoms with Crippen LogP contribution < -0.4 is 5.32 Å². The van der Waals surface area contributed by atoms with Gasteiger partial charge >= 0.3 is 12.0 Å². The van der Waals surface area contributed by atoms with Crippen LogP contribution in [0.25, 0.3) is 0 Å². The van der Waals surface area contributed by atoms with Crippen LogP contribution in [0.2, 0.25) is 0 Å². The highest BCUT2D eigenvalue weighted by atomic mass is 16.4. The number of nitrogens with one attached hydrogen (secondary N) is 1. The van der Waals surface area contributed by atoms with Crippen molar-refractivity contribution in [1.82, 2.24) is 10.2 Å². The minimum Gasteiger partial charge on any atom is -0.480 e. The molecule has 2 amide bonds. The van der Waals surface area contributed by atoms with Gasteiger partial charge in [-0.3, -0.25) is 0 Å². The van der Waals surface area contributed by atoms with Crippen LogP contribution in [0, 0.1) is 11.3 Å². The predicted molar refractivity (Wildman–Crippen MR) is 76.1 cm³/mol. The summed E-state index contributed by atoms with van der Waals surface area (Å²) in [6.07, 6.45) is 0. The first-order chi connectivity index (χ1) is 8.46. The monoisotopic (exact) mass is 272 g/mol. The number of carbonyl (C=O) groups is 2. The van der Waals surface area contributed by atoms with E-state index < -0.39 is 17.4 Å². The number of carboxylic acids is 1. The van der Waals surface area contributed by atoms with E-state index in [1.54, 1.807) is 25.7 Å². The second kappa shape index (κ2) is 6.78. The smallest absolute Gasteiger partial charge is 0.326 e. The van der Waals surface area contributed by atoms with Gasteiger partial charge in [0.25, 0.3) is 0 Å². The normalized spacial score (nSPS) is 13.5. The van der Waals surface area contributed by atoms with Gasteiger partial charge < -0.3 is 15.3 Å². The maximum atomic E-state index is 12.2. The van der Waals surface area contributed by atoms with E-state index in [2.05, 4.69) is 5.32 Å². The van der Waals surface area contributed by atoms with Gasteiger partial charge in [-0.2, -0.15) is 0 Å². The topological polar surface area (TPSA) is 69.6 Å². The molecule has 112 valence electrons. The van der Waals surface area contributed by atoms with Crippen molar-refractivity contribution in [2.24, 2.45) is 11.3 Å². The molecule has 0 saturated heterocycles. The molecule has 0 saturated carbocycles. The number of hydrogen-bond donors (Lipinski definition) is 2. The summed E-state index contributed by atoms with van der Waals surface area (Å²) in [7, 11) is 0. The fraction of sp³-hybridized carbons (Fsp3) is 0.857. The molecule has 0 spiro atoms. The maximum absolute atomic E-state index is 12.2. The molecule has 0 radical (unpaired) electrons. The van der Waals surface area contributed by atoms with E-state index in [1.807, 2.05) is 27.7 Å². The van der Waals surface area contributed by atoms with Gasteiger partial charge in [0.05, 0.1) is 0 Å². The molecule has 19 heavy (non-hydrogen) atoms. The first-order valence-electron chi connectivity index (χ1n) is 6.76. The van der Waals surface area contributed by atoms with E-state index in [4.69, 9.17) is 0 Å². The zero-order chi connectivity index (χ0) is 15.4. The van der Waals surface area contributed by atoms with Crippen molar-refractivity contribution < 1.29 is 14.7 Å².